The SMILES string of the molecule is COC1CC1CC(C)N1CCN(C(=O)c2nn3c(C(F)(F)F)cc(C4CC4)cc3c2Cl)CC1=O. The number of piperazine rings is 1. The van der Waals surface area contributed by atoms with Crippen LogP contribution in [0.1, 0.15) is 60.3 Å². The highest BCUT2D eigenvalue weighted by Crippen LogP contribution is 2.43. The summed E-state index contributed by atoms with van der Waals surface area (Å²) in [5.74, 6) is -0.336. The Morgan fingerprint density at radius 3 is 2.62 bits per heavy atom. The summed E-state index contributed by atoms with van der Waals surface area (Å²) in [5, 5.41) is 3.83. The molecule has 5 rings (SSSR count). The van der Waals surface area contributed by atoms with Gasteiger partial charge in [-0.2, -0.15) is 18.3 Å². The summed E-state index contributed by atoms with van der Waals surface area (Å²) in [6, 6.07) is 2.68. The van der Waals surface area contributed by atoms with Crippen molar-refractivity contribution < 1.29 is 27.5 Å². The van der Waals surface area contributed by atoms with Crippen molar-refractivity contribution in [2.75, 3.05) is 26.7 Å². The average molecular weight is 499 g/mol. The molecule has 0 spiro atoms. The Morgan fingerprint density at radius 2 is 2.03 bits per heavy atom. The van der Waals surface area contributed by atoms with Crippen molar-refractivity contribution in [1.82, 2.24) is 19.4 Å². The predicted molar refractivity (Wildman–Crippen MR) is 118 cm³/mol. The monoisotopic (exact) mass is 498 g/mol. The number of hydrogen-bond acceptors (Lipinski definition) is 4. The van der Waals surface area contributed by atoms with Crippen LogP contribution in [0.3, 0.4) is 0 Å². The number of methoxy groups -OCH3 is 1. The van der Waals surface area contributed by atoms with Gasteiger partial charge in [0.15, 0.2) is 5.69 Å². The molecular formula is C23H26ClF3N4O3. The van der Waals surface area contributed by atoms with E-state index in [1.165, 1.54) is 4.90 Å². The largest absolute Gasteiger partial charge is 0.433 e. The van der Waals surface area contributed by atoms with Gasteiger partial charge in [-0.15, -0.1) is 0 Å². The van der Waals surface area contributed by atoms with Gasteiger partial charge in [0.05, 0.1) is 16.6 Å². The lowest BCUT2D eigenvalue weighted by Gasteiger charge is -2.37. The molecule has 3 fully saturated rings. The van der Waals surface area contributed by atoms with E-state index in [0.717, 1.165) is 31.7 Å². The summed E-state index contributed by atoms with van der Waals surface area (Å²) in [6.07, 6.45) is -0.937. The van der Waals surface area contributed by atoms with Crippen LogP contribution in [-0.4, -0.2) is 70.1 Å². The van der Waals surface area contributed by atoms with Crippen molar-refractivity contribution in [1.29, 1.82) is 0 Å². The number of nitrogens with zero attached hydrogens (tertiary/aromatic N) is 4. The van der Waals surface area contributed by atoms with Crippen molar-refractivity contribution in [2.45, 2.75) is 56.8 Å². The van der Waals surface area contributed by atoms with E-state index >= 15 is 0 Å². The van der Waals surface area contributed by atoms with Gasteiger partial charge in [-0.25, -0.2) is 4.52 Å². The minimum atomic E-state index is -4.65. The molecule has 3 unspecified atom stereocenters. The second-order valence-corrected chi connectivity index (χ2v) is 9.95. The molecular weight excluding hydrogens is 473 g/mol. The first-order valence-corrected chi connectivity index (χ1v) is 11.9. The zero-order valence-electron chi connectivity index (χ0n) is 18.9. The first kappa shape index (κ1) is 23.4. The lowest BCUT2D eigenvalue weighted by molar-refractivity contribution is -0.142. The van der Waals surface area contributed by atoms with Crippen LogP contribution < -0.4 is 0 Å². The van der Waals surface area contributed by atoms with Crippen molar-refractivity contribution in [3.8, 4) is 0 Å². The molecule has 2 saturated carbocycles. The minimum Gasteiger partial charge on any atom is -0.381 e. The smallest absolute Gasteiger partial charge is 0.381 e. The highest BCUT2D eigenvalue weighted by Gasteiger charge is 2.41. The van der Waals surface area contributed by atoms with Crippen LogP contribution in [-0.2, 0) is 15.7 Å². The summed E-state index contributed by atoms with van der Waals surface area (Å²) in [4.78, 5) is 29.0. The summed E-state index contributed by atoms with van der Waals surface area (Å²) in [5.41, 5.74) is -0.630. The molecule has 2 aromatic rings. The molecule has 3 atom stereocenters. The van der Waals surface area contributed by atoms with E-state index in [2.05, 4.69) is 5.10 Å². The third kappa shape index (κ3) is 4.26. The van der Waals surface area contributed by atoms with Gasteiger partial charge in [-0.05, 0) is 62.1 Å². The maximum atomic E-state index is 13.7. The van der Waals surface area contributed by atoms with E-state index in [9.17, 15) is 22.8 Å². The molecule has 2 aliphatic carbocycles. The number of carbonyl (C=O) groups is 2. The van der Waals surface area contributed by atoms with Crippen LogP contribution in [0.15, 0.2) is 12.1 Å². The van der Waals surface area contributed by atoms with E-state index in [1.807, 2.05) is 6.92 Å². The topological polar surface area (TPSA) is 67.2 Å². The number of aromatic nitrogens is 2. The highest BCUT2D eigenvalue weighted by atomic mass is 35.5. The van der Waals surface area contributed by atoms with Gasteiger partial charge in [0.25, 0.3) is 5.91 Å². The van der Waals surface area contributed by atoms with Crippen LogP contribution in [0.25, 0.3) is 5.52 Å². The molecule has 0 aromatic carbocycles. The van der Waals surface area contributed by atoms with Crippen molar-refractivity contribution in [3.63, 3.8) is 0 Å². The van der Waals surface area contributed by atoms with Crippen LogP contribution in [0.2, 0.25) is 5.02 Å². The predicted octanol–water partition coefficient (Wildman–Crippen LogP) is 3.98. The van der Waals surface area contributed by atoms with Gasteiger partial charge in [0, 0.05) is 26.2 Å². The Labute approximate surface area is 199 Å². The van der Waals surface area contributed by atoms with Gasteiger partial charge < -0.3 is 14.5 Å². The molecule has 184 valence electrons. The molecule has 3 heterocycles. The molecule has 0 N–H and O–H groups in total. The molecule has 7 nitrogen and oxygen atoms in total. The van der Waals surface area contributed by atoms with Gasteiger partial charge >= 0.3 is 6.18 Å². The number of pyridine rings is 1. The quantitative estimate of drug-likeness (QED) is 0.604. The highest BCUT2D eigenvalue weighted by molar-refractivity contribution is 6.36. The van der Waals surface area contributed by atoms with Crippen molar-refractivity contribution >= 4 is 28.9 Å². The molecule has 2 aromatic heterocycles. The number of carbonyl (C=O) groups excluding carboxylic acids is 2. The van der Waals surface area contributed by atoms with E-state index < -0.39 is 17.8 Å². The van der Waals surface area contributed by atoms with E-state index in [4.69, 9.17) is 16.3 Å². The number of halogens is 4. The molecule has 11 heteroatoms. The van der Waals surface area contributed by atoms with Gasteiger partial charge in [0.2, 0.25) is 5.91 Å². The molecule has 1 saturated heterocycles. The Morgan fingerprint density at radius 1 is 1.29 bits per heavy atom. The summed E-state index contributed by atoms with van der Waals surface area (Å²) < 4.78 is 47.2. The standard InChI is InChI=1S/C23H26ClF3N4O3/c1-12(7-15-9-17(15)34-2)30-6-5-29(11-19(30)32)22(33)21-20(24)16-8-14(13-3-4-13)10-18(23(25,26)27)31(16)28-21/h8,10,12-13,15,17H,3-7,9,11H2,1-2H3. The van der Waals surface area contributed by atoms with Crippen LogP contribution >= 0.6 is 11.6 Å². The van der Waals surface area contributed by atoms with Crippen LogP contribution in [0.5, 0.6) is 0 Å². The molecule has 2 amide bonds. The van der Waals surface area contributed by atoms with Crippen LogP contribution in [0.4, 0.5) is 13.2 Å². The number of ether oxygens (including phenoxy) is 1. The zero-order chi connectivity index (χ0) is 24.4. The van der Waals surface area contributed by atoms with Gasteiger partial charge in [-0.3, -0.25) is 9.59 Å². The first-order valence-electron chi connectivity index (χ1n) is 11.5. The number of amides is 2. The number of hydrogen-bond donors (Lipinski definition) is 0. The fourth-order valence-corrected chi connectivity index (χ4v) is 5.18. The molecule has 1 aliphatic heterocycles. The third-order valence-electron chi connectivity index (χ3n) is 7.12. The lowest BCUT2D eigenvalue weighted by Crippen LogP contribution is -2.55. The first-order chi connectivity index (χ1) is 16.1. The normalized spacial score (nSPS) is 24.1. The molecule has 0 bridgehead atoms. The Hall–Kier alpha value is -2.33. The maximum Gasteiger partial charge on any atom is 0.433 e. The minimum absolute atomic E-state index is 0.0175. The third-order valence-corrected chi connectivity index (χ3v) is 7.49. The molecule has 3 aliphatic rings. The fourth-order valence-electron chi connectivity index (χ4n) is 4.93. The fraction of sp³-hybridized carbons (Fsp3) is 0.609. The van der Waals surface area contributed by atoms with Gasteiger partial charge in [-0.1, -0.05) is 11.6 Å². The van der Waals surface area contributed by atoms with Crippen molar-refractivity contribution in [3.05, 3.63) is 34.1 Å². The summed E-state index contributed by atoms with van der Waals surface area (Å²) in [6.45, 7) is 2.43. The second kappa shape index (κ2) is 8.41. The van der Waals surface area contributed by atoms with E-state index in [1.54, 1.807) is 18.1 Å². The number of alkyl halides is 3. The average Bonchev–Trinajstić information content (AvgIpc) is 3.71. The molecule has 34 heavy (non-hydrogen) atoms. The number of rotatable bonds is 6. The zero-order valence-corrected chi connectivity index (χ0v) is 19.7. The van der Waals surface area contributed by atoms with E-state index in [-0.39, 0.29) is 53.3 Å². The Kier molecular flexibility index (Phi) is 5.79. The summed E-state index contributed by atoms with van der Waals surface area (Å²) in [7, 11) is 1.68. The second-order valence-electron chi connectivity index (χ2n) is 9.57. The Bertz CT molecular complexity index is 1150. The van der Waals surface area contributed by atoms with Crippen LogP contribution in [0, 0.1) is 5.92 Å². The lowest BCUT2D eigenvalue weighted by atomic mass is 10.1. The molecule has 0 radical (unpaired) electrons. The Balaban J connectivity index is 1.36. The van der Waals surface area contributed by atoms with Gasteiger partial charge in [0.1, 0.15) is 12.2 Å². The number of fused-ring (bicyclic) bond motifs is 1. The van der Waals surface area contributed by atoms with E-state index in [0.29, 0.717) is 22.5 Å². The maximum absolute atomic E-state index is 13.7. The van der Waals surface area contributed by atoms with Crippen molar-refractivity contribution in [2.24, 2.45) is 5.92 Å². The summed E-state index contributed by atoms with van der Waals surface area (Å²) >= 11 is 6.39.